The van der Waals surface area contributed by atoms with Crippen LogP contribution >= 0.6 is 11.6 Å². The minimum absolute atomic E-state index is 0.533. The van der Waals surface area contributed by atoms with Crippen molar-refractivity contribution in [3.63, 3.8) is 0 Å². The van der Waals surface area contributed by atoms with Gasteiger partial charge in [-0.2, -0.15) is 0 Å². The quantitative estimate of drug-likeness (QED) is 0.571. The summed E-state index contributed by atoms with van der Waals surface area (Å²) in [6, 6.07) is 0. The molecule has 1 rings (SSSR count). The van der Waals surface area contributed by atoms with Gasteiger partial charge < -0.3 is 0 Å². The first-order chi connectivity index (χ1) is 5.21. The van der Waals surface area contributed by atoms with Gasteiger partial charge in [0.1, 0.15) is 0 Å². The van der Waals surface area contributed by atoms with Gasteiger partial charge in [-0.15, -0.1) is 11.6 Å². The van der Waals surface area contributed by atoms with E-state index in [2.05, 4.69) is 20.8 Å². The van der Waals surface area contributed by atoms with E-state index in [0.717, 1.165) is 17.7 Å². The standard InChI is InChI=1S/C10H19Cl/c1-4-9(5-2)10(7-11)6-8(10)3/h8-9H,4-7H2,1-3H3. The van der Waals surface area contributed by atoms with E-state index in [1.54, 1.807) is 0 Å². The van der Waals surface area contributed by atoms with Crippen LogP contribution in [0, 0.1) is 17.3 Å². The molecule has 0 aromatic rings. The second-order valence-corrected chi connectivity index (χ2v) is 4.25. The lowest BCUT2D eigenvalue weighted by Crippen LogP contribution is -2.18. The van der Waals surface area contributed by atoms with E-state index in [0.29, 0.717) is 5.41 Å². The molecule has 66 valence electrons. The van der Waals surface area contributed by atoms with E-state index in [1.807, 2.05) is 0 Å². The zero-order chi connectivity index (χ0) is 8.48. The SMILES string of the molecule is CCC(CC)C1(CCl)CC1C. The zero-order valence-corrected chi connectivity index (χ0v) is 8.62. The van der Waals surface area contributed by atoms with Crippen molar-refractivity contribution in [2.45, 2.75) is 40.0 Å². The highest BCUT2D eigenvalue weighted by Crippen LogP contribution is 2.60. The summed E-state index contributed by atoms with van der Waals surface area (Å²) in [5.74, 6) is 2.63. The average Bonchev–Trinajstić information content (AvgIpc) is 2.66. The average molecular weight is 175 g/mol. The first-order valence-corrected chi connectivity index (χ1v) is 5.30. The van der Waals surface area contributed by atoms with Crippen molar-refractivity contribution in [2.75, 3.05) is 5.88 Å². The van der Waals surface area contributed by atoms with Crippen LogP contribution < -0.4 is 0 Å². The molecule has 11 heavy (non-hydrogen) atoms. The summed E-state index contributed by atoms with van der Waals surface area (Å²) in [6.45, 7) is 6.90. The molecule has 0 bridgehead atoms. The fourth-order valence-corrected chi connectivity index (χ4v) is 3.07. The highest BCUT2D eigenvalue weighted by molar-refractivity contribution is 6.18. The maximum absolute atomic E-state index is 6.00. The highest BCUT2D eigenvalue weighted by Gasteiger charge is 2.53. The van der Waals surface area contributed by atoms with Gasteiger partial charge in [-0.1, -0.05) is 33.6 Å². The second kappa shape index (κ2) is 3.35. The third-order valence-electron chi connectivity index (χ3n) is 3.55. The Kier molecular flexibility index (Phi) is 2.85. The Labute approximate surface area is 75.3 Å². The normalized spacial score (nSPS) is 36.3. The summed E-state index contributed by atoms with van der Waals surface area (Å²) < 4.78 is 0. The molecule has 0 N–H and O–H groups in total. The highest BCUT2D eigenvalue weighted by atomic mass is 35.5. The fraction of sp³-hybridized carbons (Fsp3) is 1.00. The molecule has 0 spiro atoms. The van der Waals surface area contributed by atoms with Crippen molar-refractivity contribution in [3.8, 4) is 0 Å². The van der Waals surface area contributed by atoms with Gasteiger partial charge in [-0.3, -0.25) is 0 Å². The lowest BCUT2D eigenvalue weighted by atomic mass is 9.84. The number of hydrogen-bond donors (Lipinski definition) is 0. The Bertz CT molecular complexity index is 125. The summed E-state index contributed by atoms with van der Waals surface area (Å²) in [4.78, 5) is 0. The third kappa shape index (κ3) is 1.42. The van der Waals surface area contributed by atoms with Crippen molar-refractivity contribution < 1.29 is 0 Å². The van der Waals surface area contributed by atoms with E-state index < -0.39 is 0 Å². The fourth-order valence-electron chi connectivity index (χ4n) is 2.48. The molecule has 0 saturated heterocycles. The summed E-state index contributed by atoms with van der Waals surface area (Å²) in [5, 5.41) is 0. The molecule has 2 atom stereocenters. The monoisotopic (exact) mass is 174 g/mol. The van der Waals surface area contributed by atoms with Gasteiger partial charge in [0.25, 0.3) is 0 Å². The molecular formula is C10H19Cl. The Morgan fingerprint density at radius 3 is 2.00 bits per heavy atom. The number of alkyl halides is 1. The first kappa shape index (κ1) is 9.38. The van der Waals surface area contributed by atoms with Crippen LogP contribution in [0.1, 0.15) is 40.0 Å². The molecule has 0 amide bonds. The Morgan fingerprint density at radius 2 is 1.91 bits per heavy atom. The predicted molar refractivity (Wildman–Crippen MR) is 51.0 cm³/mol. The van der Waals surface area contributed by atoms with Gasteiger partial charge in [0, 0.05) is 5.88 Å². The summed E-state index contributed by atoms with van der Waals surface area (Å²) in [7, 11) is 0. The summed E-state index contributed by atoms with van der Waals surface area (Å²) >= 11 is 6.00. The van der Waals surface area contributed by atoms with E-state index in [-0.39, 0.29) is 0 Å². The van der Waals surface area contributed by atoms with E-state index in [9.17, 15) is 0 Å². The van der Waals surface area contributed by atoms with Crippen LogP contribution in [0.3, 0.4) is 0 Å². The Balaban J connectivity index is 2.55. The third-order valence-corrected chi connectivity index (χ3v) is 4.05. The van der Waals surface area contributed by atoms with Crippen molar-refractivity contribution in [3.05, 3.63) is 0 Å². The van der Waals surface area contributed by atoms with Gasteiger partial charge in [0.15, 0.2) is 0 Å². The van der Waals surface area contributed by atoms with Gasteiger partial charge in [-0.05, 0) is 23.7 Å². The van der Waals surface area contributed by atoms with Crippen LogP contribution in [0.5, 0.6) is 0 Å². The number of halogens is 1. The van der Waals surface area contributed by atoms with E-state index >= 15 is 0 Å². The minimum Gasteiger partial charge on any atom is -0.126 e. The molecule has 2 unspecified atom stereocenters. The predicted octanol–water partition coefficient (Wildman–Crippen LogP) is 3.69. The minimum atomic E-state index is 0.533. The molecule has 0 aromatic carbocycles. The molecule has 0 aromatic heterocycles. The summed E-state index contributed by atoms with van der Waals surface area (Å²) in [5.41, 5.74) is 0.533. The Morgan fingerprint density at radius 1 is 1.45 bits per heavy atom. The largest absolute Gasteiger partial charge is 0.126 e. The van der Waals surface area contributed by atoms with Crippen molar-refractivity contribution in [1.29, 1.82) is 0 Å². The second-order valence-electron chi connectivity index (χ2n) is 3.99. The van der Waals surface area contributed by atoms with Crippen molar-refractivity contribution >= 4 is 11.6 Å². The topological polar surface area (TPSA) is 0 Å². The molecule has 0 heterocycles. The van der Waals surface area contributed by atoms with E-state index in [4.69, 9.17) is 11.6 Å². The van der Waals surface area contributed by atoms with E-state index in [1.165, 1.54) is 19.3 Å². The first-order valence-electron chi connectivity index (χ1n) is 4.77. The number of hydrogen-bond acceptors (Lipinski definition) is 0. The molecule has 1 aliphatic rings. The zero-order valence-electron chi connectivity index (χ0n) is 7.86. The van der Waals surface area contributed by atoms with Crippen LogP contribution in [-0.2, 0) is 0 Å². The van der Waals surface area contributed by atoms with Crippen LogP contribution in [0.4, 0.5) is 0 Å². The molecular weight excluding hydrogens is 156 g/mol. The lowest BCUT2D eigenvalue weighted by molar-refractivity contribution is 0.297. The van der Waals surface area contributed by atoms with Gasteiger partial charge >= 0.3 is 0 Å². The Hall–Kier alpha value is 0.290. The van der Waals surface area contributed by atoms with Crippen molar-refractivity contribution in [2.24, 2.45) is 17.3 Å². The molecule has 0 aliphatic heterocycles. The summed E-state index contributed by atoms with van der Waals surface area (Å²) in [6.07, 6.45) is 3.96. The number of rotatable bonds is 4. The van der Waals surface area contributed by atoms with Gasteiger partial charge in [-0.25, -0.2) is 0 Å². The maximum atomic E-state index is 6.00. The molecule has 0 radical (unpaired) electrons. The van der Waals surface area contributed by atoms with Crippen LogP contribution in [0.2, 0.25) is 0 Å². The van der Waals surface area contributed by atoms with Crippen LogP contribution in [0.15, 0.2) is 0 Å². The molecule has 0 nitrogen and oxygen atoms in total. The molecule has 1 heteroatoms. The molecule has 1 aliphatic carbocycles. The molecule has 1 fully saturated rings. The van der Waals surface area contributed by atoms with Crippen LogP contribution in [-0.4, -0.2) is 5.88 Å². The van der Waals surface area contributed by atoms with Crippen molar-refractivity contribution in [1.82, 2.24) is 0 Å². The van der Waals surface area contributed by atoms with Crippen LogP contribution in [0.25, 0.3) is 0 Å². The lowest BCUT2D eigenvalue weighted by Gasteiger charge is -2.23. The smallest absolute Gasteiger partial charge is 0.0285 e. The maximum Gasteiger partial charge on any atom is 0.0285 e. The van der Waals surface area contributed by atoms with Gasteiger partial charge in [0.05, 0.1) is 0 Å². The molecule has 1 saturated carbocycles. The van der Waals surface area contributed by atoms with Gasteiger partial charge in [0.2, 0.25) is 0 Å².